The van der Waals surface area contributed by atoms with Crippen LogP contribution in [0.3, 0.4) is 0 Å². The molecule has 0 heterocycles. The number of hydrogen-bond donors (Lipinski definition) is 1. The van der Waals surface area contributed by atoms with Gasteiger partial charge in [0.15, 0.2) is 0 Å². The summed E-state index contributed by atoms with van der Waals surface area (Å²) in [6.45, 7) is 10.1. The van der Waals surface area contributed by atoms with E-state index in [9.17, 15) is 0 Å². The lowest BCUT2D eigenvalue weighted by Crippen LogP contribution is -2.35. The van der Waals surface area contributed by atoms with Crippen molar-refractivity contribution in [3.05, 3.63) is 35.4 Å². The van der Waals surface area contributed by atoms with Crippen molar-refractivity contribution < 1.29 is 0 Å². The fourth-order valence-corrected chi connectivity index (χ4v) is 2.87. The molecular weight excluding hydrogens is 218 g/mol. The molecule has 18 heavy (non-hydrogen) atoms. The molecule has 1 atom stereocenters. The van der Waals surface area contributed by atoms with Gasteiger partial charge in [0.05, 0.1) is 0 Å². The lowest BCUT2D eigenvalue weighted by atomic mass is 9.89. The molecule has 0 saturated heterocycles. The molecule has 1 unspecified atom stereocenters. The molecule has 1 heteroatoms. The van der Waals surface area contributed by atoms with Crippen molar-refractivity contribution in [1.29, 1.82) is 0 Å². The third kappa shape index (κ3) is 2.95. The summed E-state index contributed by atoms with van der Waals surface area (Å²) in [7, 11) is 0. The summed E-state index contributed by atoms with van der Waals surface area (Å²) in [5.74, 6) is 0.634. The minimum Gasteiger partial charge on any atom is -0.314 e. The van der Waals surface area contributed by atoms with Crippen molar-refractivity contribution in [3.63, 3.8) is 0 Å². The number of hydrogen-bond acceptors (Lipinski definition) is 1. The van der Waals surface area contributed by atoms with E-state index in [0.29, 0.717) is 17.4 Å². The van der Waals surface area contributed by atoms with Gasteiger partial charge in [0, 0.05) is 6.04 Å². The maximum absolute atomic E-state index is 3.60. The molecule has 2 rings (SSSR count). The highest BCUT2D eigenvalue weighted by Crippen LogP contribution is 2.51. The van der Waals surface area contributed by atoms with Crippen LogP contribution in [0.4, 0.5) is 0 Å². The molecule has 1 aliphatic rings. The van der Waals surface area contributed by atoms with E-state index in [1.165, 1.54) is 30.4 Å². The van der Waals surface area contributed by atoms with E-state index < -0.39 is 0 Å². The van der Waals surface area contributed by atoms with Gasteiger partial charge in [0.2, 0.25) is 0 Å². The Balaban J connectivity index is 2.01. The molecule has 100 valence electrons. The summed E-state index contributed by atoms with van der Waals surface area (Å²) in [4.78, 5) is 0. The molecule has 1 nitrogen and oxygen atoms in total. The monoisotopic (exact) mass is 245 g/mol. The number of nitrogens with one attached hydrogen (secondary N) is 1. The van der Waals surface area contributed by atoms with Gasteiger partial charge in [-0.15, -0.1) is 0 Å². The lowest BCUT2D eigenvalue weighted by molar-refractivity contribution is 0.355. The van der Waals surface area contributed by atoms with Crippen LogP contribution in [0.15, 0.2) is 24.3 Å². The second kappa shape index (κ2) is 5.44. The van der Waals surface area contributed by atoms with Crippen molar-refractivity contribution in [2.24, 2.45) is 5.41 Å². The maximum atomic E-state index is 3.60. The quantitative estimate of drug-likeness (QED) is 0.794. The van der Waals surface area contributed by atoms with E-state index in [2.05, 4.69) is 57.3 Å². The first-order valence-corrected chi connectivity index (χ1v) is 7.39. The Kier molecular flexibility index (Phi) is 4.11. The first-order valence-electron chi connectivity index (χ1n) is 7.39. The third-order valence-electron chi connectivity index (χ3n) is 4.52. The van der Waals surface area contributed by atoms with Gasteiger partial charge in [-0.2, -0.15) is 0 Å². The van der Waals surface area contributed by atoms with Crippen molar-refractivity contribution in [2.75, 3.05) is 6.54 Å². The Morgan fingerprint density at radius 2 is 1.72 bits per heavy atom. The van der Waals surface area contributed by atoms with Crippen molar-refractivity contribution in [3.8, 4) is 0 Å². The summed E-state index contributed by atoms with van der Waals surface area (Å²) in [6.07, 6.45) is 4.00. The number of benzene rings is 1. The zero-order chi connectivity index (χ0) is 13.2. The first-order chi connectivity index (χ1) is 8.57. The summed E-state index contributed by atoms with van der Waals surface area (Å²) >= 11 is 0. The van der Waals surface area contributed by atoms with E-state index in [-0.39, 0.29) is 0 Å². The van der Waals surface area contributed by atoms with Gasteiger partial charge < -0.3 is 5.32 Å². The Bertz CT molecular complexity index is 373. The van der Waals surface area contributed by atoms with E-state index in [4.69, 9.17) is 0 Å². The fraction of sp³-hybridized carbons (Fsp3) is 0.647. The molecule has 1 N–H and O–H groups in total. The van der Waals surface area contributed by atoms with Crippen molar-refractivity contribution in [2.45, 2.75) is 58.9 Å². The van der Waals surface area contributed by atoms with Crippen LogP contribution in [0.5, 0.6) is 0 Å². The van der Waals surface area contributed by atoms with Crippen LogP contribution in [0.25, 0.3) is 0 Å². The summed E-state index contributed by atoms with van der Waals surface area (Å²) in [5.41, 5.74) is 3.49. The Labute approximate surface area is 112 Å². The number of rotatable bonds is 6. The smallest absolute Gasteiger partial charge is 0.00982 e. The van der Waals surface area contributed by atoms with Crippen LogP contribution in [-0.2, 0) is 6.42 Å². The average molecular weight is 245 g/mol. The molecular formula is C17H27N. The maximum Gasteiger partial charge on any atom is 0.00982 e. The molecule has 0 spiro atoms. The molecule has 0 amide bonds. The highest BCUT2D eigenvalue weighted by atomic mass is 14.9. The van der Waals surface area contributed by atoms with E-state index in [1.54, 1.807) is 0 Å². The van der Waals surface area contributed by atoms with Gasteiger partial charge in [-0.1, -0.05) is 45.0 Å². The second-order valence-corrected chi connectivity index (χ2v) is 6.21. The molecule has 0 radical (unpaired) electrons. The summed E-state index contributed by atoms with van der Waals surface area (Å²) in [6, 6.07) is 9.90. The predicted molar refractivity (Wildman–Crippen MR) is 79.0 cm³/mol. The largest absolute Gasteiger partial charge is 0.314 e. The van der Waals surface area contributed by atoms with Crippen LogP contribution in [0, 0.1) is 5.41 Å². The minimum atomic E-state index is 0.537. The highest BCUT2D eigenvalue weighted by molar-refractivity contribution is 5.26. The van der Waals surface area contributed by atoms with Gasteiger partial charge in [-0.05, 0) is 55.2 Å². The first kappa shape index (κ1) is 13.6. The van der Waals surface area contributed by atoms with Crippen molar-refractivity contribution >= 4 is 0 Å². The SMILES string of the molecule is CCNC(C)C1(Cc2ccc(C(C)C)cc2)CC1. The van der Waals surface area contributed by atoms with Crippen LogP contribution in [0.2, 0.25) is 0 Å². The second-order valence-electron chi connectivity index (χ2n) is 6.21. The lowest BCUT2D eigenvalue weighted by Gasteiger charge is -2.24. The van der Waals surface area contributed by atoms with Crippen LogP contribution in [0.1, 0.15) is 57.6 Å². The Morgan fingerprint density at radius 1 is 1.11 bits per heavy atom. The molecule has 0 bridgehead atoms. The van der Waals surface area contributed by atoms with Crippen LogP contribution < -0.4 is 5.32 Å². The van der Waals surface area contributed by atoms with Gasteiger partial charge in [0.1, 0.15) is 0 Å². The molecule has 1 saturated carbocycles. The van der Waals surface area contributed by atoms with Crippen molar-refractivity contribution in [1.82, 2.24) is 5.32 Å². The predicted octanol–water partition coefficient (Wildman–Crippen LogP) is 4.13. The van der Waals surface area contributed by atoms with Crippen LogP contribution in [-0.4, -0.2) is 12.6 Å². The van der Waals surface area contributed by atoms with Gasteiger partial charge >= 0.3 is 0 Å². The molecule has 0 aliphatic heterocycles. The Morgan fingerprint density at radius 3 is 2.17 bits per heavy atom. The topological polar surface area (TPSA) is 12.0 Å². The standard InChI is InChI=1S/C17H27N/c1-5-18-14(4)17(10-11-17)12-15-6-8-16(9-7-15)13(2)3/h6-9,13-14,18H,5,10-12H2,1-4H3. The van der Waals surface area contributed by atoms with Gasteiger partial charge in [-0.25, -0.2) is 0 Å². The molecule has 1 aliphatic carbocycles. The normalized spacial score (nSPS) is 18.9. The van der Waals surface area contributed by atoms with E-state index in [0.717, 1.165) is 6.54 Å². The molecule has 1 aromatic carbocycles. The zero-order valence-electron chi connectivity index (χ0n) is 12.3. The zero-order valence-corrected chi connectivity index (χ0v) is 12.3. The molecule has 0 aromatic heterocycles. The summed E-state index contributed by atoms with van der Waals surface area (Å²) in [5, 5.41) is 3.60. The van der Waals surface area contributed by atoms with Crippen LogP contribution >= 0.6 is 0 Å². The highest BCUT2D eigenvalue weighted by Gasteiger charge is 2.46. The third-order valence-corrected chi connectivity index (χ3v) is 4.52. The van der Waals surface area contributed by atoms with Gasteiger partial charge in [0.25, 0.3) is 0 Å². The molecule has 1 aromatic rings. The summed E-state index contributed by atoms with van der Waals surface area (Å²) < 4.78 is 0. The van der Waals surface area contributed by atoms with Gasteiger partial charge in [-0.3, -0.25) is 0 Å². The molecule has 1 fully saturated rings. The van der Waals surface area contributed by atoms with E-state index in [1.807, 2.05) is 0 Å². The minimum absolute atomic E-state index is 0.537. The average Bonchev–Trinajstić information content (AvgIpc) is 3.11. The Hall–Kier alpha value is -0.820. The fourth-order valence-electron chi connectivity index (χ4n) is 2.87. The van der Waals surface area contributed by atoms with E-state index >= 15 is 0 Å².